The van der Waals surface area contributed by atoms with Gasteiger partial charge in [0.2, 0.25) is 0 Å². The van der Waals surface area contributed by atoms with E-state index in [1.165, 1.54) is 116 Å². The Hall–Kier alpha value is -1.70. The molecule has 0 aromatic heterocycles. The minimum Gasteiger partial charge on any atom is -0.494 e. The fourth-order valence-corrected chi connectivity index (χ4v) is 4.58. The highest BCUT2D eigenvalue weighted by molar-refractivity contribution is 5.63. The van der Waals surface area contributed by atoms with Gasteiger partial charge in [-0.25, -0.2) is 0 Å². The van der Waals surface area contributed by atoms with E-state index in [2.05, 4.69) is 51.3 Å². The molecule has 1 rings (SSSR count). The fourth-order valence-electron chi connectivity index (χ4n) is 4.58. The van der Waals surface area contributed by atoms with Crippen molar-refractivity contribution in [3.8, 4) is 0 Å². The number of hydrogen-bond donors (Lipinski definition) is 0. The van der Waals surface area contributed by atoms with Gasteiger partial charge in [0, 0.05) is 11.1 Å². The maximum atomic E-state index is 5.90. The Morgan fingerprint density at radius 2 is 0.694 bits per heavy atom. The molecule has 0 atom stereocenters. The van der Waals surface area contributed by atoms with Crippen LogP contribution in [0.15, 0.2) is 37.4 Å². The molecule has 206 valence electrons. The van der Waals surface area contributed by atoms with Crippen molar-refractivity contribution in [2.45, 2.75) is 142 Å². The number of rotatable bonds is 26. The summed E-state index contributed by atoms with van der Waals surface area (Å²) in [6.45, 7) is 14.3. The van der Waals surface area contributed by atoms with Crippen molar-refractivity contribution in [2.75, 3.05) is 13.2 Å². The van der Waals surface area contributed by atoms with Crippen LogP contribution in [0.3, 0.4) is 0 Å². The van der Waals surface area contributed by atoms with E-state index in [4.69, 9.17) is 9.47 Å². The first-order chi connectivity index (χ1) is 17.7. The zero-order chi connectivity index (χ0) is 26.1. The van der Waals surface area contributed by atoms with Gasteiger partial charge in [0.25, 0.3) is 0 Å². The third-order valence-electron chi connectivity index (χ3n) is 7.08. The summed E-state index contributed by atoms with van der Waals surface area (Å²) in [5.41, 5.74) is 2.07. The van der Waals surface area contributed by atoms with Crippen molar-refractivity contribution in [2.24, 2.45) is 0 Å². The van der Waals surface area contributed by atoms with E-state index in [0.717, 1.165) is 48.7 Å². The maximum Gasteiger partial charge on any atom is 0.119 e. The summed E-state index contributed by atoms with van der Waals surface area (Å²) < 4.78 is 11.8. The number of hydrogen-bond acceptors (Lipinski definition) is 2. The minimum absolute atomic E-state index is 0.756. The lowest BCUT2D eigenvalue weighted by Gasteiger charge is -2.12. The lowest BCUT2D eigenvalue weighted by atomic mass is 10.1. The summed E-state index contributed by atoms with van der Waals surface area (Å²) in [7, 11) is 0. The second-order valence-electron chi connectivity index (χ2n) is 10.5. The Morgan fingerprint density at radius 1 is 0.444 bits per heavy atom. The maximum absolute atomic E-state index is 5.90. The lowest BCUT2D eigenvalue weighted by Crippen LogP contribution is -1.96. The molecule has 0 saturated heterocycles. The van der Waals surface area contributed by atoms with Gasteiger partial charge in [0.15, 0.2) is 0 Å². The van der Waals surface area contributed by atoms with Crippen molar-refractivity contribution in [1.82, 2.24) is 0 Å². The summed E-state index contributed by atoms with van der Waals surface area (Å²) in [6.07, 6.45) is 26.7. The third kappa shape index (κ3) is 17.7. The van der Waals surface area contributed by atoms with E-state index in [1.54, 1.807) is 0 Å². The molecule has 0 aliphatic carbocycles. The van der Waals surface area contributed by atoms with Crippen LogP contribution in [-0.2, 0) is 9.47 Å². The first kappa shape index (κ1) is 32.3. The molecule has 0 aliphatic rings. The second-order valence-corrected chi connectivity index (χ2v) is 10.5. The summed E-state index contributed by atoms with van der Waals surface area (Å²) >= 11 is 0. The summed E-state index contributed by atoms with van der Waals surface area (Å²) in [5.74, 6) is 1.52. The average Bonchev–Trinajstić information content (AvgIpc) is 2.90. The van der Waals surface area contributed by atoms with Crippen LogP contribution in [-0.4, -0.2) is 13.2 Å². The molecule has 0 heterocycles. The molecule has 36 heavy (non-hydrogen) atoms. The molecule has 0 spiro atoms. The number of benzene rings is 1. The van der Waals surface area contributed by atoms with Gasteiger partial charge in [-0.3, -0.25) is 0 Å². The van der Waals surface area contributed by atoms with E-state index >= 15 is 0 Å². The molecule has 0 N–H and O–H groups in total. The monoisotopic (exact) mass is 498 g/mol. The zero-order valence-electron chi connectivity index (χ0n) is 24.1. The predicted octanol–water partition coefficient (Wildman–Crippen LogP) is 11.5. The average molecular weight is 499 g/mol. The predicted molar refractivity (Wildman–Crippen MR) is 160 cm³/mol. The van der Waals surface area contributed by atoms with E-state index in [9.17, 15) is 0 Å². The number of ether oxygens (including phenoxy) is 2. The van der Waals surface area contributed by atoms with Crippen molar-refractivity contribution in [3.05, 3.63) is 48.6 Å². The van der Waals surface area contributed by atoms with Crippen LogP contribution in [0.5, 0.6) is 0 Å². The molecule has 0 radical (unpaired) electrons. The van der Waals surface area contributed by atoms with Gasteiger partial charge in [-0.05, 0) is 12.8 Å². The van der Waals surface area contributed by atoms with Gasteiger partial charge in [0.1, 0.15) is 11.5 Å². The topological polar surface area (TPSA) is 18.5 Å². The molecule has 2 heteroatoms. The second kappa shape index (κ2) is 23.7. The normalized spacial score (nSPS) is 10.9. The summed E-state index contributed by atoms with van der Waals surface area (Å²) in [5, 5.41) is 0. The Bertz CT molecular complexity index is 589. The van der Waals surface area contributed by atoms with Crippen LogP contribution < -0.4 is 0 Å². The van der Waals surface area contributed by atoms with Crippen LogP contribution in [0.1, 0.15) is 153 Å². The van der Waals surface area contributed by atoms with Crippen molar-refractivity contribution < 1.29 is 9.47 Å². The minimum atomic E-state index is 0.756. The SMILES string of the molecule is C=C(OCCCCCCCCCCCC)c1ccc(C(=C)OCCCCCCCCCCCC)cc1. The molecule has 0 aliphatic heterocycles. The number of unbranched alkanes of at least 4 members (excludes halogenated alkanes) is 18. The highest BCUT2D eigenvalue weighted by atomic mass is 16.5. The Kier molecular flexibility index (Phi) is 21.3. The van der Waals surface area contributed by atoms with Crippen LogP contribution in [0.25, 0.3) is 11.5 Å². The molecular formula is C34H58O2. The van der Waals surface area contributed by atoms with E-state index in [1.807, 2.05) is 0 Å². The van der Waals surface area contributed by atoms with Gasteiger partial charge in [-0.1, -0.05) is 167 Å². The summed E-state index contributed by atoms with van der Waals surface area (Å²) in [4.78, 5) is 0. The molecule has 0 amide bonds. The van der Waals surface area contributed by atoms with Crippen LogP contribution in [0.2, 0.25) is 0 Å². The van der Waals surface area contributed by atoms with Gasteiger partial charge >= 0.3 is 0 Å². The highest BCUT2D eigenvalue weighted by Gasteiger charge is 2.04. The molecule has 0 saturated carbocycles. The van der Waals surface area contributed by atoms with Crippen LogP contribution in [0.4, 0.5) is 0 Å². The van der Waals surface area contributed by atoms with E-state index in [-0.39, 0.29) is 0 Å². The van der Waals surface area contributed by atoms with Gasteiger partial charge in [-0.2, -0.15) is 0 Å². The molecule has 1 aromatic carbocycles. The van der Waals surface area contributed by atoms with Gasteiger partial charge in [0.05, 0.1) is 13.2 Å². The Balaban J connectivity index is 2.04. The van der Waals surface area contributed by atoms with Crippen LogP contribution in [0, 0.1) is 0 Å². The standard InChI is InChI=1S/C34H58O2/c1-5-7-9-11-13-15-17-19-21-23-29-35-31(3)33-25-27-34(28-26-33)32(4)36-30-24-22-20-18-16-14-12-10-8-6-2/h25-28H,3-24,29-30H2,1-2H3. The fraction of sp³-hybridized carbons (Fsp3) is 0.706. The van der Waals surface area contributed by atoms with Gasteiger partial charge < -0.3 is 9.47 Å². The van der Waals surface area contributed by atoms with E-state index in [0.29, 0.717) is 0 Å². The molecule has 1 aromatic rings. The largest absolute Gasteiger partial charge is 0.494 e. The van der Waals surface area contributed by atoms with Crippen LogP contribution >= 0.6 is 0 Å². The van der Waals surface area contributed by atoms with Gasteiger partial charge in [-0.15, -0.1) is 0 Å². The zero-order valence-corrected chi connectivity index (χ0v) is 24.1. The Morgan fingerprint density at radius 3 is 0.972 bits per heavy atom. The first-order valence-corrected chi connectivity index (χ1v) is 15.4. The quantitative estimate of drug-likeness (QED) is 0.0933. The molecule has 2 nitrogen and oxygen atoms in total. The Labute approximate surface area is 224 Å². The van der Waals surface area contributed by atoms with Crippen molar-refractivity contribution in [1.29, 1.82) is 0 Å². The lowest BCUT2D eigenvalue weighted by molar-refractivity contribution is 0.266. The van der Waals surface area contributed by atoms with Crippen molar-refractivity contribution in [3.63, 3.8) is 0 Å². The first-order valence-electron chi connectivity index (χ1n) is 15.4. The summed E-state index contributed by atoms with van der Waals surface area (Å²) in [6, 6.07) is 8.24. The molecule has 0 fully saturated rings. The molecule has 0 bridgehead atoms. The third-order valence-corrected chi connectivity index (χ3v) is 7.08. The molecule has 0 unspecified atom stereocenters. The smallest absolute Gasteiger partial charge is 0.119 e. The van der Waals surface area contributed by atoms with Crippen molar-refractivity contribution >= 4 is 11.5 Å². The van der Waals surface area contributed by atoms with E-state index < -0.39 is 0 Å². The molecular weight excluding hydrogens is 440 g/mol. The highest BCUT2D eigenvalue weighted by Crippen LogP contribution is 2.20.